The van der Waals surface area contributed by atoms with Crippen LogP contribution in [0.4, 0.5) is 0 Å². The van der Waals surface area contributed by atoms with Crippen LogP contribution in [-0.2, 0) is 11.2 Å². The van der Waals surface area contributed by atoms with Gasteiger partial charge in [-0.3, -0.25) is 4.79 Å². The van der Waals surface area contributed by atoms with E-state index in [0.29, 0.717) is 30.6 Å². The van der Waals surface area contributed by atoms with Gasteiger partial charge in [0.2, 0.25) is 17.6 Å². The van der Waals surface area contributed by atoms with Crippen molar-refractivity contribution in [2.24, 2.45) is 0 Å². The van der Waals surface area contributed by atoms with Gasteiger partial charge in [0.25, 0.3) is 0 Å². The lowest BCUT2D eigenvalue weighted by Gasteiger charge is -2.27. The van der Waals surface area contributed by atoms with Crippen LogP contribution in [0.5, 0.6) is 0 Å². The van der Waals surface area contributed by atoms with Gasteiger partial charge < -0.3 is 9.42 Å². The molecule has 2 aromatic rings. The first kappa shape index (κ1) is 16.2. The van der Waals surface area contributed by atoms with Gasteiger partial charge in [0.05, 0.1) is 0 Å². The smallest absolute Gasteiger partial charge is 0.227 e. The summed E-state index contributed by atoms with van der Waals surface area (Å²) < 4.78 is 5.26. The Kier molecular flexibility index (Phi) is 5.43. The highest BCUT2D eigenvalue weighted by Crippen LogP contribution is 2.22. The van der Waals surface area contributed by atoms with Crippen molar-refractivity contribution in [1.29, 1.82) is 0 Å². The third-order valence-corrected chi connectivity index (χ3v) is 5.25. The number of rotatable bonds is 5. The molecule has 2 heterocycles. The first-order valence-electron chi connectivity index (χ1n) is 8.35. The van der Waals surface area contributed by atoms with E-state index in [1.54, 1.807) is 11.3 Å². The Morgan fingerprint density at radius 3 is 2.83 bits per heavy atom. The van der Waals surface area contributed by atoms with Crippen molar-refractivity contribution in [1.82, 2.24) is 15.0 Å². The number of aromatic nitrogens is 2. The van der Waals surface area contributed by atoms with Crippen molar-refractivity contribution in [3.8, 4) is 11.4 Å². The minimum Gasteiger partial charge on any atom is -0.343 e. The van der Waals surface area contributed by atoms with Gasteiger partial charge in [-0.25, -0.2) is 0 Å². The van der Waals surface area contributed by atoms with Crippen LogP contribution in [0.25, 0.3) is 11.4 Å². The summed E-state index contributed by atoms with van der Waals surface area (Å²) in [5, 5.41) is 7.95. The molecular weight excluding hydrogens is 310 g/mol. The van der Waals surface area contributed by atoms with Gasteiger partial charge in [-0.2, -0.15) is 16.3 Å². The summed E-state index contributed by atoms with van der Waals surface area (Å²) in [5.74, 6) is 1.31. The van der Waals surface area contributed by atoms with Crippen LogP contribution in [0.2, 0.25) is 0 Å². The largest absolute Gasteiger partial charge is 0.343 e. The lowest BCUT2D eigenvalue weighted by atomic mass is 10.1. The molecule has 1 fully saturated rings. The summed E-state index contributed by atoms with van der Waals surface area (Å²) in [6.45, 7) is 0. The predicted molar refractivity (Wildman–Crippen MR) is 90.2 cm³/mol. The topological polar surface area (TPSA) is 59.2 Å². The van der Waals surface area contributed by atoms with Crippen LogP contribution < -0.4 is 0 Å². The van der Waals surface area contributed by atoms with E-state index in [1.807, 2.05) is 28.8 Å². The molecule has 0 unspecified atom stereocenters. The number of thiophene rings is 1. The fourth-order valence-corrected chi connectivity index (χ4v) is 3.74. The first-order valence-corrected chi connectivity index (χ1v) is 9.29. The summed E-state index contributed by atoms with van der Waals surface area (Å²) in [4.78, 5) is 18.7. The number of carbonyl (C=O) groups is 1. The Labute approximate surface area is 140 Å². The van der Waals surface area contributed by atoms with Gasteiger partial charge in [-0.05, 0) is 24.3 Å². The molecule has 0 atom stereocenters. The Hall–Kier alpha value is -1.69. The van der Waals surface area contributed by atoms with E-state index in [1.165, 1.54) is 25.7 Å². The Morgan fingerprint density at radius 2 is 2.13 bits per heavy atom. The van der Waals surface area contributed by atoms with Gasteiger partial charge in [0.1, 0.15) is 0 Å². The second-order valence-electron chi connectivity index (χ2n) is 6.17. The van der Waals surface area contributed by atoms with E-state index in [9.17, 15) is 4.79 Å². The minimum atomic E-state index is 0.173. The van der Waals surface area contributed by atoms with Crippen molar-refractivity contribution in [3.63, 3.8) is 0 Å². The molecule has 1 amide bonds. The van der Waals surface area contributed by atoms with Crippen molar-refractivity contribution in [2.45, 2.75) is 57.4 Å². The molecule has 6 heteroatoms. The number of amides is 1. The maximum Gasteiger partial charge on any atom is 0.227 e. The standard InChI is InChI=1S/C17H23N3O2S/c1-20(14-6-4-2-3-5-7-14)16(21)9-8-15-18-17(19-22-15)13-10-11-23-12-13/h10-12,14H,2-9H2,1H3. The minimum absolute atomic E-state index is 0.173. The molecular formula is C17H23N3O2S. The van der Waals surface area contributed by atoms with Crippen molar-refractivity contribution in [2.75, 3.05) is 7.05 Å². The number of hydrogen-bond acceptors (Lipinski definition) is 5. The third kappa shape index (κ3) is 4.19. The van der Waals surface area contributed by atoms with Gasteiger partial charge in [0, 0.05) is 36.9 Å². The SMILES string of the molecule is CN(C(=O)CCc1nc(-c2ccsc2)no1)C1CCCCCC1. The van der Waals surface area contributed by atoms with Crippen LogP contribution in [0, 0.1) is 0 Å². The van der Waals surface area contributed by atoms with Crippen molar-refractivity contribution >= 4 is 17.2 Å². The molecule has 3 rings (SSSR count). The molecule has 1 aliphatic carbocycles. The molecule has 1 saturated carbocycles. The van der Waals surface area contributed by atoms with E-state index in [-0.39, 0.29) is 5.91 Å². The molecule has 5 nitrogen and oxygen atoms in total. The molecule has 23 heavy (non-hydrogen) atoms. The number of nitrogens with zero attached hydrogens (tertiary/aromatic N) is 3. The molecule has 0 aliphatic heterocycles. The number of hydrogen-bond donors (Lipinski definition) is 0. The lowest BCUT2D eigenvalue weighted by Crippen LogP contribution is -2.36. The van der Waals surface area contributed by atoms with Crippen LogP contribution in [0.15, 0.2) is 21.3 Å². The van der Waals surface area contributed by atoms with E-state index in [2.05, 4.69) is 10.1 Å². The Balaban J connectivity index is 1.52. The average Bonchev–Trinajstić information content (AvgIpc) is 3.18. The van der Waals surface area contributed by atoms with Crippen LogP contribution in [0.1, 0.15) is 50.8 Å². The van der Waals surface area contributed by atoms with Crippen LogP contribution in [0.3, 0.4) is 0 Å². The molecule has 1 aliphatic rings. The molecule has 0 radical (unpaired) electrons. The van der Waals surface area contributed by atoms with E-state index in [4.69, 9.17) is 4.52 Å². The molecule has 0 spiro atoms. The fourth-order valence-electron chi connectivity index (χ4n) is 3.10. The Bertz CT molecular complexity index is 616. The molecule has 0 saturated heterocycles. The molecule has 2 aromatic heterocycles. The number of carbonyl (C=O) groups excluding carboxylic acids is 1. The number of aryl methyl sites for hydroxylation is 1. The van der Waals surface area contributed by atoms with Gasteiger partial charge in [0.15, 0.2) is 0 Å². The first-order chi connectivity index (χ1) is 11.2. The average molecular weight is 333 g/mol. The van der Waals surface area contributed by atoms with E-state index >= 15 is 0 Å². The van der Waals surface area contributed by atoms with E-state index < -0.39 is 0 Å². The monoisotopic (exact) mass is 333 g/mol. The highest BCUT2D eigenvalue weighted by atomic mass is 32.1. The lowest BCUT2D eigenvalue weighted by molar-refractivity contribution is -0.132. The zero-order valence-electron chi connectivity index (χ0n) is 13.5. The predicted octanol–water partition coefficient (Wildman–Crippen LogP) is 3.91. The molecule has 124 valence electrons. The maximum atomic E-state index is 12.4. The zero-order valence-corrected chi connectivity index (χ0v) is 14.3. The van der Waals surface area contributed by atoms with Crippen LogP contribution >= 0.6 is 11.3 Å². The summed E-state index contributed by atoms with van der Waals surface area (Å²) in [7, 11) is 1.93. The fraction of sp³-hybridized carbons (Fsp3) is 0.588. The molecule has 0 N–H and O–H groups in total. The third-order valence-electron chi connectivity index (χ3n) is 4.57. The summed E-state index contributed by atoms with van der Waals surface area (Å²) >= 11 is 1.60. The van der Waals surface area contributed by atoms with Crippen molar-refractivity contribution in [3.05, 3.63) is 22.7 Å². The van der Waals surface area contributed by atoms with Crippen LogP contribution in [-0.4, -0.2) is 34.0 Å². The highest BCUT2D eigenvalue weighted by molar-refractivity contribution is 7.08. The quantitative estimate of drug-likeness (QED) is 0.778. The normalized spacial score (nSPS) is 16.2. The molecule has 0 aromatic carbocycles. The summed E-state index contributed by atoms with van der Waals surface area (Å²) in [6.07, 6.45) is 8.26. The second-order valence-corrected chi connectivity index (χ2v) is 6.95. The molecule has 0 bridgehead atoms. The van der Waals surface area contributed by atoms with Crippen molar-refractivity contribution < 1.29 is 9.32 Å². The van der Waals surface area contributed by atoms with E-state index in [0.717, 1.165) is 18.4 Å². The van der Waals surface area contributed by atoms with Gasteiger partial charge in [-0.15, -0.1) is 0 Å². The second kappa shape index (κ2) is 7.73. The maximum absolute atomic E-state index is 12.4. The highest BCUT2D eigenvalue weighted by Gasteiger charge is 2.21. The van der Waals surface area contributed by atoms with Gasteiger partial charge in [-0.1, -0.05) is 30.8 Å². The Morgan fingerprint density at radius 1 is 1.35 bits per heavy atom. The summed E-state index contributed by atoms with van der Waals surface area (Å²) in [5.41, 5.74) is 0.965. The zero-order chi connectivity index (χ0) is 16.1. The summed E-state index contributed by atoms with van der Waals surface area (Å²) in [6, 6.07) is 2.36. The van der Waals surface area contributed by atoms with Gasteiger partial charge >= 0.3 is 0 Å².